The molecule has 1 heterocycles. The molecule has 0 bridgehead atoms. The van der Waals surface area contributed by atoms with Crippen molar-refractivity contribution in [3.8, 4) is 11.3 Å². The Morgan fingerprint density at radius 3 is 2.09 bits per heavy atom. The third-order valence-electron chi connectivity index (χ3n) is 4.31. The van der Waals surface area contributed by atoms with Crippen molar-refractivity contribution in [2.24, 2.45) is 12.5 Å². The summed E-state index contributed by atoms with van der Waals surface area (Å²) in [5.41, 5.74) is 7.22. The quantitative estimate of drug-likeness (QED) is 0.656. The highest BCUT2D eigenvalue weighted by molar-refractivity contribution is 5.62. The summed E-state index contributed by atoms with van der Waals surface area (Å²) in [4.78, 5) is 0. The van der Waals surface area contributed by atoms with Gasteiger partial charge in [-0.25, -0.2) is 4.57 Å². The monoisotopic (exact) mass is 310 g/mol. The van der Waals surface area contributed by atoms with Gasteiger partial charge in [0.05, 0.1) is 0 Å². The van der Waals surface area contributed by atoms with E-state index in [1.807, 2.05) is 0 Å². The molecule has 0 amide bonds. The lowest BCUT2D eigenvalue weighted by Gasteiger charge is -2.20. The zero-order valence-corrected chi connectivity index (χ0v) is 16.1. The zero-order chi connectivity index (χ0) is 17.4. The van der Waals surface area contributed by atoms with Gasteiger partial charge in [-0.3, -0.25) is 0 Å². The molecule has 0 aliphatic rings. The number of rotatable bonds is 2. The van der Waals surface area contributed by atoms with E-state index in [4.69, 9.17) is 0 Å². The Bertz CT molecular complexity index is 697. The van der Waals surface area contributed by atoms with Crippen molar-refractivity contribution in [2.75, 3.05) is 0 Å². The molecule has 23 heavy (non-hydrogen) atoms. The molecular formula is C22H32N+. The van der Waals surface area contributed by atoms with Crippen LogP contribution in [0.25, 0.3) is 11.3 Å². The topological polar surface area (TPSA) is 3.88 Å². The second-order valence-electron chi connectivity index (χ2n) is 9.05. The van der Waals surface area contributed by atoms with E-state index in [1.54, 1.807) is 0 Å². The predicted molar refractivity (Wildman–Crippen MR) is 99.7 cm³/mol. The van der Waals surface area contributed by atoms with Crippen molar-refractivity contribution in [3.63, 3.8) is 0 Å². The molecule has 0 saturated carbocycles. The van der Waals surface area contributed by atoms with Gasteiger partial charge < -0.3 is 0 Å². The van der Waals surface area contributed by atoms with E-state index in [2.05, 4.69) is 96.6 Å². The summed E-state index contributed by atoms with van der Waals surface area (Å²) < 4.78 is 2.27. The second kappa shape index (κ2) is 6.11. The standard InChI is InChI=1S/C22H32N/c1-16-9-11-18(22(5,6)7)13-19(16)20-12-10-17(15-23(20)8)14-21(2,3)4/h9-13,15H,14H2,1-8H3/q+1. The molecule has 124 valence electrons. The predicted octanol–water partition coefficient (Wildman–Crippen LogP) is 5.37. The van der Waals surface area contributed by atoms with Crippen LogP contribution < -0.4 is 4.57 Å². The fourth-order valence-electron chi connectivity index (χ4n) is 3.03. The van der Waals surface area contributed by atoms with Gasteiger partial charge in [0.1, 0.15) is 7.05 Å². The summed E-state index contributed by atoms with van der Waals surface area (Å²) in [6.45, 7) is 15.9. The summed E-state index contributed by atoms with van der Waals surface area (Å²) in [6.07, 6.45) is 3.38. The van der Waals surface area contributed by atoms with Crippen LogP contribution >= 0.6 is 0 Å². The smallest absolute Gasteiger partial charge is 0.201 e. The molecule has 1 aromatic carbocycles. The Balaban J connectivity index is 2.47. The Morgan fingerprint density at radius 2 is 1.57 bits per heavy atom. The van der Waals surface area contributed by atoms with E-state index in [-0.39, 0.29) is 5.41 Å². The van der Waals surface area contributed by atoms with E-state index in [9.17, 15) is 0 Å². The number of benzene rings is 1. The third kappa shape index (κ3) is 4.43. The second-order valence-corrected chi connectivity index (χ2v) is 9.05. The number of hydrogen-bond acceptors (Lipinski definition) is 0. The molecule has 2 rings (SSSR count). The van der Waals surface area contributed by atoms with Crippen LogP contribution in [0.1, 0.15) is 58.2 Å². The van der Waals surface area contributed by atoms with Gasteiger partial charge in [0.2, 0.25) is 5.69 Å². The minimum Gasteiger partial charge on any atom is -0.201 e. The van der Waals surface area contributed by atoms with Crippen LogP contribution in [0.2, 0.25) is 0 Å². The Kier molecular flexibility index (Phi) is 4.71. The first kappa shape index (κ1) is 17.7. The van der Waals surface area contributed by atoms with Gasteiger partial charge in [0, 0.05) is 17.2 Å². The lowest BCUT2D eigenvalue weighted by molar-refractivity contribution is -0.660. The summed E-state index contributed by atoms with van der Waals surface area (Å²) >= 11 is 0. The molecule has 0 saturated heterocycles. The number of aromatic nitrogens is 1. The molecule has 1 heteroatoms. The van der Waals surface area contributed by atoms with Gasteiger partial charge in [-0.15, -0.1) is 0 Å². The fourth-order valence-corrected chi connectivity index (χ4v) is 3.03. The van der Waals surface area contributed by atoms with E-state index in [0.717, 1.165) is 6.42 Å². The van der Waals surface area contributed by atoms with E-state index in [1.165, 1.54) is 27.9 Å². The Hall–Kier alpha value is -1.63. The molecule has 1 aromatic heterocycles. The van der Waals surface area contributed by atoms with Gasteiger partial charge >= 0.3 is 0 Å². The van der Waals surface area contributed by atoms with Crippen LogP contribution in [0, 0.1) is 12.3 Å². The van der Waals surface area contributed by atoms with Gasteiger partial charge in [0.15, 0.2) is 6.20 Å². The van der Waals surface area contributed by atoms with E-state index >= 15 is 0 Å². The molecule has 0 unspecified atom stereocenters. The largest absolute Gasteiger partial charge is 0.212 e. The molecule has 0 aliphatic carbocycles. The van der Waals surface area contributed by atoms with Crippen molar-refractivity contribution >= 4 is 0 Å². The van der Waals surface area contributed by atoms with Gasteiger partial charge in [-0.05, 0) is 47.4 Å². The first-order chi connectivity index (χ1) is 10.5. The minimum atomic E-state index is 0.174. The number of nitrogens with zero attached hydrogens (tertiary/aromatic N) is 1. The first-order valence-electron chi connectivity index (χ1n) is 8.57. The Labute approximate surface area is 142 Å². The normalized spacial score (nSPS) is 12.5. The SMILES string of the molecule is Cc1ccc(C(C)(C)C)cc1-c1ccc(CC(C)(C)C)c[n+]1C. The van der Waals surface area contributed by atoms with Crippen LogP contribution in [-0.4, -0.2) is 0 Å². The lowest BCUT2D eigenvalue weighted by Crippen LogP contribution is -2.32. The highest BCUT2D eigenvalue weighted by atomic mass is 14.9. The molecular weight excluding hydrogens is 278 g/mol. The summed E-state index contributed by atoms with van der Waals surface area (Å²) in [5, 5.41) is 0. The maximum atomic E-state index is 2.36. The van der Waals surface area contributed by atoms with Crippen molar-refractivity contribution in [1.82, 2.24) is 0 Å². The van der Waals surface area contributed by atoms with Crippen molar-refractivity contribution < 1.29 is 4.57 Å². The van der Waals surface area contributed by atoms with Gasteiger partial charge in [0.25, 0.3) is 0 Å². The maximum Gasteiger partial charge on any atom is 0.212 e. The van der Waals surface area contributed by atoms with Gasteiger partial charge in [-0.2, -0.15) is 0 Å². The van der Waals surface area contributed by atoms with Crippen LogP contribution in [0.4, 0.5) is 0 Å². The molecule has 1 nitrogen and oxygen atoms in total. The van der Waals surface area contributed by atoms with Crippen molar-refractivity contribution in [1.29, 1.82) is 0 Å². The summed E-state index contributed by atoms with van der Waals surface area (Å²) in [7, 11) is 2.16. The highest BCUT2D eigenvalue weighted by Crippen LogP contribution is 2.29. The Morgan fingerprint density at radius 1 is 0.913 bits per heavy atom. The van der Waals surface area contributed by atoms with E-state index in [0.29, 0.717) is 5.41 Å². The first-order valence-corrected chi connectivity index (χ1v) is 8.57. The molecule has 0 fully saturated rings. The molecule has 0 spiro atoms. The van der Waals surface area contributed by atoms with Crippen LogP contribution in [0.5, 0.6) is 0 Å². The fraction of sp³-hybridized carbons (Fsp3) is 0.500. The summed E-state index contributed by atoms with van der Waals surface area (Å²) in [6, 6.07) is 11.4. The maximum absolute atomic E-state index is 2.36. The van der Waals surface area contributed by atoms with Crippen molar-refractivity contribution in [2.45, 2.75) is 60.3 Å². The van der Waals surface area contributed by atoms with Crippen LogP contribution in [0.15, 0.2) is 36.5 Å². The van der Waals surface area contributed by atoms with Crippen molar-refractivity contribution in [3.05, 3.63) is 53.2 Å². The third-order valence-corrected chi connectivity index (χ3v) is 4.31. The molecule has 0 radical (unpaired) electrons. The number of hydrogen-bond donors (Lipinski definition) is 0. The molecule has 0 N–H and O–H groups in total. The number of pyridine rings is 1. The zero-order valence-electron chi connectivity index (χ0n) is 16.1. The van der Waals surface area contributed by atoms with Gasteiger partial charge in [-0.1, -0.05) is 53.7 Å². The van der Waals surface area contributed by atoms with Crippen LogP contribution in [-0.2, 0) is 18.9 Å². The summed E-state index contributed by atoms with van der Waals surface area (Å²) in [5.74, 6) is 0. The lowest BCUT2D eigenvalue weighted by atomic mass is 9.84. The highest BCUT2D eigenvalue weighted by Gasteiger charge is 2.20. The molecule has 0 atom stereocenters. The average Bonchev–Trinajstić information content (AvgIpc) is 2.37. The minimum absolute atomic E-state index is 0.174. The van der Waals surface area contributed by atoms with E-state index < -0.39 is 0 Å². The molecule has 0 aliphatic heterocycles. The average molecular weight is 311 g/mol. The van der Waals surface area contributed by atoms with Crippen LogP contribution in [0.3, 0.4) is 0 Å². The number of aryl methyl sites for hydroxylation is 2. The molecule has 2 aromatic rings.